The highest BCUT2D eigenvalue weighted by Gasteiger charge is 2.23. The molecule has 2 aromatic carbocycles. The Hall–Kier alpha value is -2.09. The molecule has 0 saturated carbocycles. The van der Waals surface area contributed by atoms with E-state index in [9.17, 15) is 9.18 Å². The van der Waals surface area contributed by atoms with Crippen LogP contribution >= 0.6 is 11.8 Å². The number of carbonyl (C=O) groups is 1. The first-order chi connectivity index (χ1) is 14.2. The third-order valence-corrected chi connectivity index (χ3v) is 6.49. The van der Waals surface area contributed by atoms with Crippen LogP contribution in [0.4, 0.5) is 9.18 Å². The second kappa shape index (κ2) is 9.61. The normalized spacial score (nSPS) is 19.4. The van der Waals surface area contributed by atoms with Gasteiger partial charge in [0.05, 0.1) is 19.3 Å². The summed E-state index contributed by atoms with van der Waals surface area (Å²) in [5.74, 6) is 0.641. The van der Waals surface area contributed by atoms with Crippen molar-refractivity contribution < 1.29 is 13.9 Å². The second-order valence-corrected chi connectivity index (χ2v) is 8.49. The Labute approximate surface area is 175 Å². The van der Waals surface area contributed by atoms with E-state index >= 15 is 0 Å². The third-order valence-electron chi connectivity index (χ3n) is 5.37. The lowest BCUT2D eigenvalue weighted by molar-refractivity contribution is 0.0341. The van der Waals surface area contributed by atoms with Gasteiger partial charge in [0.2, 0.25) is 0 Å². The number of fused-ring (bicyclic) bond motifs is 1. The Bertz CT molecular complexity index is 858. The average molecular weight is 416 g/mol. The van der Waals surface area contributed by atoms with Crippen LogP contribution in [0.1, 0.15) is 29.2 Å². The van der Waals surface area contributed by atoms with Crippen LogP contribution in [0, 0.1) is 5.82 Å². The minimum absolute atomic E-state index is 0.162. The number of amides is 2. The van der Waals surface area contributed by atoms with E-state index in [-0.39, 0.29) is 17.9 Å². The highest BCUT2D eigenvalue weighted by atomic mass is 32.2. The van der Waals surface area contributed by atoms with Crippen molar-refractivity contribution in [2.75, 3.05) is 32.1 Å². The van der Waals surface area contributed by atoms with E-state index in [1.165, 1.54) is 17.7 Å². The number of halogens is 1. The molecule has 0 aliphatic carbocycles. The number of benzene rings is 2. The average Bonchev–Trinajstić information content (AvgIpc) is 2.74. The number of nitrogens with zero attached hydrogens (tertiary/aromatic N) is 1. The predicted molar refractivity (Wildman–Crippen MR) is 112 cm³/mol. The number of thioether (sulfide) groups is 1. The molecule has 2 aromatic rings. The van der Waals surface area contributed by atoms with Crippen LogP contribution in [0.25, 0.3) is 0 Å². The minimum atomic E-state index is -0.268. The van der Waals surface area contributed by atoms with Gasteiger partial charge in [-0.2, -0.15) is 0 Å². The molecular formula is C22H26FN3O2S. The zero-order chi connectivity index (χ0) is 20.1. The molecule has 7 heteroatoms. The molecule has 1 atom stereocenters. The zero-order valence-electron chi connectivity index (χ0n) is 16.3. The predicted octanol–water partition coefficient (Wildman–Crippen LogP) is 3.69. The lowest BCUT2D eigenvalue weighted by Crippen LogP contribution is -2.39. The Kier molecular flexibility index (Phi) is 6.69. The summed E-state index contributed by atoms with van der Waals surface area (Å²) in [6.45, 7) is 4.71. The Morgan fingerprint density at radius 1 is 1.17 bits per heavy atom. The quantitative estimate of drug-likeness (QED) is 0.782. The first-order valence-electron chi connectivity index (χ1n) is 10.0. The van der Waals surface area contributed by atoms with Crippen molar-refractivity contribution in [3.8, 4) is 0 Å². The van der Waals surface area contributed by atoms with Crippen molar-refractivity contribution in [2.24, 2.45) is 0 Å². The lowest BCUT2D eigenvalue weighted by atomic mass is 10.0. The molecule has 0 spiro atoms. The summed E-state index contributed by atoms with van der Waals surface area (Å²) >= 11 is 1.70. The largest absolute Gasteiger partial charge is 0.379 e. The van der Waals surface area contributed by atoms with Gasteiger partial charge in [0.25, 0.3) is 0 Å². The van der Waals surface area contributed by atoms with Crippen molar-refractivity contribution >= 4 is 17.8 Å². The van der Waals surface area contributed by atoms with Gasteiger partial charge in [0.1, 0.15) is 5.82 Å². The maximum Gasteiger partial charge on any atom is 0.315 e. The second-order valence-electron chi connectivity index (χ2n) is 7.36. The minimum Gasteiger partial charge on any atom is -0.379 e. The zero-order valence-corrected chi connectivity index (χ0v) is 17.1. The molecule has 29 heavy (non-hydrogen) atoms. The monoisotopic (exact) mass is 415 g/mol. The van der Waals surface area contributed by atoms with Crippen LogP contribution in [0.3, 0.4) is 0 Å². The van der Waals surface area contributed by atoms with E-state index in [4.69, 9.17) is 4.74 Å². The van der Waals surface area contributed by atoms with Gasteiger partial charge in [-0.1, -0.05) is 24.3 Å². The smallest absolute Gasteiger partial charge is 0.315 e. The van der Waals surface area contributed by atoms with Gasteiger partial charge in [-0.25, -0.2) is 9.18 Å². The molecule has 2 amide bonds. The number of morpholine rings is 1. The first-order valence-corrected chi connectivity index (χ1v) is 11.0. The van der Waals surface area contributed by atoms with Gasteiger partial charge in [0.15, 0.2) is 0 Å². The van der Waals surface area contributed by atoms with Crippen LogP contribution in [0.15, 0.2) is 47.4 Å². The molecular weight excluding hydrogens is 389 g/mol. The fraction of sp³-hybridized carbons (Fsp3) is 0.409. The number of rotatable bonds is 5. The maximum absolute atomic E-state index is 13.7. The molecule has 1 saturated heterocycles. The molecule has 2 aliphatic rings. The molecule has 2 N–H and O–H groups in total. The van der Waals surface area contributed by atoms with Gasteiger partial charge in [-0.05, 0) is 41.3 Å². The highest BCUT2D eigenvalue weighted by Crippen LogP contribution is 2.36. The molecule has 4 rings (SSSR count). The summed E-state index contributed by atoms with van der Waals surface area (Å²) in [7, 11) is 0. The van der Waals surface area contributed by atoms with Gasteiger partial charge in [0, 0.05) is 36.8 Å². The van der Waals surface area contributed by atoms with E-state index in [0.717, 1.165) is 61.0 Å². The Balaban J connectivity index is 1.35. The topological polar surface area (TPSA) is 53.6 Å². The Morgan fingerprint density at radius 2 is 1.97 bits per heavy atom. The molecule has 2 aliphatic heterocycles. The number of hydrogen-bond acceptors (Lipinski definition) is 4. The van der Waals surface area contributed by atoms with Crippen molar-refractivity contribution in [1.82, 2.24) is 15.5 Å². The summed E-state index contributed by atoms with van der Waals surface area (Å²) in [5, 5.41) is 5.99. The fourth-order valence-corrected chi connectivity index (χ4v) is 4.89. The molecule has 2 heterocycles. The summed E-state index contributed by atoms with van der Waals surface area (Å²) in [5.41, 5.74) is 3.19. The lowest BCUT2D eigenvalue weighted by Gasteiger charge is -2.28. The van der Waals surface area contributed by atoms with Crippen LogP contribution in [0.5, 0.6) is 0 Å². The van der Waals surface area contributed by atoms with Crippen molar-refractivity contribution in [2.45, 2.75) is 30.4 Å². The number of nitrogens with one attached hydrogen (secondary N) is 2. The number of hydrogen-bond donors (Lipinski definition) is 2. The van der Waals surface area contributed by atoms with Crippen molar-refractivity contribution in [3.63, 3.8) is 0 Å². The van der Waals surface area contributed by atoms with E-state index in [1.807, 2.05) is 12.1 Å². The summed E-state index contributed by atoms with van der Waals surface area (Å²) < 4.78 is 19.1. The molecule has 0 unspecified atom stereocenters. The van der Waals surface area contributed by atoms with E-state index in [2.05, 4.69) is 27.7 Å². The maximum atomic E-state index is 13.7. The summed E-state index contributed by atoms with van der Waals surface area (Å²) in [4.78, 5) is 15.9. The van der Waals surface area contributed by atoms with Crippen LogP contribution in [-0.2, 0) is 17.8 Å². The van der Waals surface area contributed by atoms with Gasteiger partial charge in [-0.3, -0.25) is 4.90 Å². The fourth-order valence-electron chi connectivity index (χ4n) is 3.78. The van der Waals surface area contributed by atoms with Crippen LogP contribution in [-0.4, -0.2) is 43.0 Å². The van der Waals surface area contributed by atoms with Crippen LogP contribution < -0.4 is 10.6 Å². The number of urea groups is 1. The molecule has 154 valence electrons. The van der Waals surface area contributed by atoms with Crippen molar-refractivity contribution in [3.05, 3.63) is 65.0 Å². The molecule has 0 aromatic heterocycles. The van der Waals surface area contributed by atoms with Crippen molar-refractivity contribution in [1.29, 1.82) is 0 Å². The summed E-state index contributed by atoms with van der Waals surface area (Å²) in [6.07, 6.45) is 0.794. The molecule has 0 radical (unpaired) electrons. The highest BCUT2D eigenvalue weighted by molar-refractivity contribution is 7.99. The van der Waals surface area contributed by atoms with E-state index < -0.39 is 0 Å². The number of carbonyl (C=O) groups excluding carboxylic acids is 1. The molecule has 0 bridgehead atoms. The number of ether oxygens (including phenoxy) is 1. The SMILES string of the molecule is O=C(NCc1ccccc1CN1CCOCC1)N[C@H]1CCSc2ccc(F)cc21. The standard InChI is InChI=1S/C22H26FN3O2S/c23-18-5-6-21-19(13-18)20(7-12-29-21)25-22(27)24-14-16-3-1-2-4-17(16)15-26-8-10-28-11-9-26/h1-6,13,20H,7-12,14-15H2,(H2,24,25,27)/t20-/m0/s1. The summed E-state index contributed by atoms with van der Waals surface area (Å²) in [6, 6.07) is 12.6. The molecule has 5 nitrogen and oxygen atoms in total. The van der Waals surface area contributed by atoms with Gasteiger partial charge in [-0.15, -0.1) is 11.8 Å². The van der Waals surface area contributed by atoms with E-state index in [1.54, 1.807) is 17.8 Å². The third kappa shape index (κ3) is 5.29. The van der Waals surface area contributed by atoms with Gasteiger partial charge < -0.3 is 15.4 Å². The van der Waals surface area contributed by atoms with E-state index in [0.29, 0.717) is 6.54 Å². The first kappa shape index (κ1) is 20.2. The molecule has 1 fully saturated rings. The van der Waals surface area contributed by atoms with Gasteiger partial charge >= 0.3 is 6.03 Å². The Morgan fingerprint density at radius 3 is 2.79 bits per heavy atom. The van der Waals surface area contributed by atoms with Crippen LogP contribution in [0.2, 0.25) is 0 Å².